The van der Waals surface area contributed by atoms with Crippen molar-refractivity contribution in [1.82, 2.24) is 0 Å². The normalized spacial score (nSPS) is 18.2. The molecule has 0 saturated carbocycles. The third kappa shape index (κ3) is 2.55. The zero-order valence-corrected chi connectivity index (χ0v) is 9.63. The number of para-hydroxylation sites is 1. The molecule has 1 heterocycles. The van der Waals surface area contributed by atoms with Crippen molar-refractivity contribution in [3.63, 3.8) is 0 Å². The molecule has 0 bridgehead atoms. The van der Waals surface area contributed by atoms with E-state index >= 15 is 0 Å². The third-order valence-electron chi connectivity index (χ3n) is 2.75. The van der Waals surface area contributed by atoms with E-state index in [0.29, 0.717) is 18.7 Å². The van der Waals surface area contributed by atoms with Crippen LogP contribution in [0.3, 0.4) is 0 Å². The van der Waals surface area contributed by atoms with Crippen LogP contribution in [0.4, 0.5) is 15.8 Å². The number of benzene rings is 1. The second-order valence-corrected chi connectivity index (χ2v) is 3.98. The lowest BCUT2D eigenvalue weighted by Crippen LogP contribution is -2.39. The van der Waals surface area contributed by atoms with Crippen LogP contribution in [0.2, 0.25) is 0 Å². The Kier molecular flexibility index (Phi) is 3.58. The summed E-state index contributed by atoms with van der Waals surface area (Å²) in [5.41, 5.74) is 0.868. The minimum Gasteiger partial charge on any atom is -0.385 e. The van der Waals surface area contributed by atoms with Gasteiger partial charge in [0.05, 0.1) is 5.69 Å². The first-order valence-corrected chi connectivity index (χ1v) is 5.57. The molecule has 1 aliphatic heterocycles. The van der Waals surface area contributed by atoms with Gasteiger partial charge in [-0.05, 0) is 25.0 Å². The van der Waals surface area contributed by atoms with Gasteiger partial charge < -0.3 is 15.4 Å². The van der Waals surface area contributed by atoms with Crippen LogP contribution in [0.5, 0.6) is 0 Å². The number of fused-ring (bicyclic) bond motifs is 1. The molecule has 0 radical (unpaired) electrons. The van der Waals surface area contributed by atoms with E-state index in [1.54, 1.807) is 19.2 Å². The zero-order valence-electron chi connectivity index (χ0n) is 9.63. The Balaban J connectivity index is 2.08. The van der Waals surface area contributed by atoms with Crippen LogP contribution in [0.25, 0.3) is 0 Å². The van der Waals surface area contributed by atoms with Crippen LogP contribution >= 0.6 is 0 Å². The number of nitrogens with one attached hydrogen (secondary N) is 2. The summed E-state index contributed by atoms with van der Waals surface area (Å²) >= 11 is 0. The number of ether oxygens (including phenoxy) is 1. The van der Waals surface area contributed by atoms with Crippen molar-refractivity contribution in [3.05, 3.63) is 24.0 Å². The van der Waals surface area contributed by atoms with Crippen molar-refractivity contribution in [2.75, 3.05) is 24.4 Å². The Morgan fingerprint density at radius 1 is 1.47 bits per heavy atom. The first kappa shape index (κ1) is 11.9. The summed E-state index contributed by atoms with van der Waals surface area (Å²) < 4.78 is 18.3. The van der Waals surface area contributed by atoms with E-state index in [-0.39, 0.29) is 17.6 Å². The molecule has 0 aromatic heterocycles. The highest BCUT2D eigenvalue weighted by Crippen LogP contribution is 2.29. The average Bonchev–Trinajstić information content (AvgIpc) is 2.31. The fourth-order valence-electron chi connectivity index (χ4n) is 1.87. The largest absolute Gasteiger partial charge is 0.385 e. The molecule has 0 aliphatic carbocycles. The number of carbonyl (C=O) groups is 1. The average molecular weight is 238 g/mol. The Morgan fingerprint density at radius 2 is 2.29 bits per heavy atom. The second kappa shape index (κ2) is 5.14. The van der Waals surface area contributed by atoms with Gasteiger partial charge in [0, 0.05) is 13.7 Å². The van der Waals surface area contributed by atoms with Crippen molar-refractivity contribution >= 4 is 17.3 Å². The number of hydrogen-bond acceptors (Lipinski definition) is 3. The molecule has 4 nitrogen and oxygen atoms in total. The number of halogens is 1. The minimum atomic E-state index is -0.418. The number of carbonyl (C=O) groups excluding carboxylic acids is 1. The van der Waals surface area contributed by atoms with Crippen LogP contribution < -0.4 is 10.6 Å². The maximum atomic E-state index is 13.4. The molecule has 0 spiro atoms. The number of rotatable bonds is 4. The van der Waals surface area contributed by atoms with Crippen LogP contribution in [-0.2, 0) is 9.53 Å². The summed E-state index contributed by atoms with van der Waals surface area (Å²) in [6, 6.07) is 4.37. The predicted octanol–water partition coefficient (Wildman–Crippen LogP) is 1.98. The van der Waals surface area contributed by atoms with Crippen LogP contribution in [0.15, 0.2) is 18.2 Å². The van der Waals surface area contributed by atoms with Gasteiger partial charge in [0.15, 0.2) is 0 Å². The highest BCUT2D eigenvalue weighted by atomic mass is 19.1. The van der Waals surface area contributed by atoms with E-state index in [1.165, 1.54) is 6.07 Å². The molecule has 0 fully saturated rings. The highest BCUT2D eigenvalue weighted by molar-refractivity contribution is 6.03. The molecule has 92 valence electrons. The first-order chi connectivity index (χ1) is 8.22. The number of methoxy groups -OCH3 is 1. The molecular weight excluding hydrogens is 223 g/mol. The highest BCUT2D eigenvalue weighted by Gasteiger charge is 2.26. The van der Waals surface area contributed by atoms with Gasteiger partial charge in [-0.2, -0.15) is 0 Å². The summed E-state index contributed by atoms with van der Waals surface area (Å²) in [6.45, 7) is 0.613. The smallest absolute Gasteiger partial charge is 0.247 e. The van der Waals surface area contributed by atoms with Crippen molar-refractivity contribution in [1.29, 1.82) is 0 Å². The monoisotopic (exact) mass is 238 g/mol. The molecular formula is C12H15FN2O2. The Bertz CT molecular complexity index is 423. The lowest BCUT2D eigenvalue weighted by Gasteiger charge is -2.26. The summed E-state index contributed by atoms with van der Waals surface area (Å²) in [6.07, 6.45) is 1.45. The minimum absolute atomic E-state index is 0.196. The molecule has 1 aromatic rings. The van der Waals surface area contributed by atoms with E-state index in [1.807, 2.05) is 0 Å². The van der Waals surface area contributed by atoms with Crippen molar-refractivity contribution < 1.29 is 13.9 Å². The number of anilines is 2. The fourth-order valence-corrected chi connectivity index (χ4v) is 1.87. The maximum absolute atomic E-state index is 13.4. The summed E-state index contributed by atoms with van der Waals surface area (Å²) in [5.74, 6) is -0.614. The maximum Gasteiger partial charge on any atom is 0.247 e. The van der Waals surface area contributed by atoms with Gasteiger partial charge in [-0.1, -0.05) is 6.07 Å². The van der Waals surface area contributed by atoms with Crippen LogP contribution in [-0.4, -0.2) is 25.7 Å². The zero-order chi connectivity index (χ0) is 12.3. The van der Waals surface area contributed by atoms with Gasteiger partial charge in [-0.15, -0.1) is 0 Å². The molecule has 17 heavy (non-hydrogen) atoms. The topological polar surface area (TPSA) is 50.4 Å². The van der Waals surface area contributed by atoms with E-state index in [4.69, 9.17) is 4.74 Å². The van der Waals surface area contributed by atoms with E-state index in [9.17, 15) is 9.18 Å². The third-order valence-corrected chi connectivity index (χ3v) is 2.75. The van der Waals surface area contributed by atoms with Gasteiger partial charge in [0.25, 0.3) is 0 Å². The van der Waals surface area contributed by atoms with Crippen molar-refractivity contribution in [2.45, 2.75) is 18.9 Å². The second-order valence-electron chi connectivity index (χ2n) is 3.98. The first-order valence-electron chi connectivity index (χ1n) is 5.57. The van der Waals surface area contributed by atoms with E-state index in [0.717, 1.165) is 6.42 Å². The standard InChI is InChI=1S/C12H15FN2O2/c1-17-7-3-6-10-12(16)15-11-8(13)4-2-5-9(11)14-10/h2,4-5,10,14H,3,6-7H2,1H3,(H,15,16). The van der Waals surface area contributed by atoms with Gasteiger partial charge >= 0.3 is 0 Å². The Morgan fingerprint density at radius 3 is 3.06 bits per heavy atom. The molecule has 1 aliphatic rings. The van der Waals surface area contributed by atoms with Gasteiger partial charge in [0.2, 0.25) is 5.91 Å². The van der Waals surface area contributed by atoms with Crippen molar-refractivity contribution in [2.24, 2.45) is 0 Å². The van der Waals surface area contributed by atoms with E-state index in [2.05, 4.69) is 10.6 Å². The van der Waals surface area contributed by atoms with Gasteiger partial charge in [-0.3, -0.25) is 4.79 Å². The molecule has 1 amide bonds. The lowest BCUT2D eigenvalue weighted by molar-refractivity contribution is -0.117. The Hall–Kier alpha value is -1.62. The molecule has 2 N–H and O–H groups in total. The van der Waals surface area contributed by atoms with Crippen LogP contribution in [0.1, 0.15) is 12.8 Å². The van der Waals surface area contributed by atoms with E-state index < -0.39 is 5.82 Å². The lowest BCUT2D eigenvalue weighted by atomic mass is 10.1. The number of amides is 1. The Labute approximate surface area is 99.2 Å². The fraction of sp³-hybridized carbons (Fsp3) is 0.417. The quantitative estimate of drug-likeness (QED) is 0.789. The van der Waals surface area contributed by atoms with Gasteiger partial charge in [0.1, 0.15) is 17.5 Å². The SMILES string of the molecule is COCCCC1Nc2cccc(F)c2NC1=O. The van der Waals surface area contributed by atoms with Crippen molar-refractivity contribution in [3.8, 4) is 0 Å². The summed E-state index contributed by atoms with van der Waals surface area (Å²) in [5, 5.41) is 5.63. The molecule has 1 aromatic carbocycles. The summed E-state index contributed by atoms with van der Waals surface area (Å²) in [7, 11) is 1.62. The molecule has 1 atom stereocenters. The molecule has 5 heteroatoms. The molecule has 1 unspecified atom stereocenters. The molecule has 2 rings (SSSR count). The van der Waals surface area contributed by atoms with Crippen LogP contribution in [0, 0.1) is 5.82 Å². The van der Waals surface area contributed by atoms with Gasteiger partial charge in [-0.25, -0.2) is 4.39 Å². The number of hydrogen-bond donors (Lipinski definition) is 2. The summed E-state index contributed by atoms with van der Waals surface area (Å²) in [4.78, 5) is 11.7. The predicted molar refractivity (Wildman–Crippen MR) is 63.6 cm³/mol. The molecule has 0 saturated heterocycles.